The highest BCUT2D eigenvalue weighted by molar-refractivity contribution is 7.15. The second-order valence-electron chi connectivity index (χ2n) is 5.87. The van der Waals surface area contributed by atoms with Gasteiger partial charge in [0.1, 0.15) is 5.01 Å². The number of amides is 2. The van der Waals surface area contributed by atoms with E-state index in [9.17, 15) is 9.59 Å². The summed E-state index contributed by atoms with van der Waals surface area (Å²) in [6, 6.07) is 6.77. The highest BCUT2D eigenvalue weighted by atomic mass is 32.1. The maximum atomic E-state index is 12.2. The third kappa shape index (κ3) is 4.11. The lowest BCUT2D eigenvalue weighted by atomic mass is 9.95. The van der Waals surface area contributed by atoms with Gasteiger partial charge in [-0.15, -0.1) is 10.2 Å². The van der Waals surface area contributed by atoms with Gasteiger partial charge in [-0.3, -0.25) is 14.9 Å². The lowest BCUT2D eigenvalue weighted by molar-refractivity contribution is -0.123. The van der Waals surface area contributed by atoms with Gasteiger partial charge in [-0.1, -0.05) is 38.2 Å². The van der Waals surface area contributed by atoms with Crippen molar-refractivity contribution in [3.8, 4) is 0 Å². The molecule has 0 bridgehead atoms. The van der Waals surface area contributed by atoms with Gasteiger partial charge in [-0.2, -0.15) is 0 Å². The van der Waals surface area contributed by atoms with Gasteiger partial charge >= 0.3 is 0 Å². The van der Waals surface area contributed by atoms with Gasteiger partial charge in [-0.05, 0) is 25.1 Å². The van der Waals surface area contributed by atoms with Gasteiger partial charge < -0.3 is 5.32 Å². The van der Waals surface area contributed by atoms with Crippen LogP contribution < -0.4 is 10.6 Å². The fourth-order valence-corrected chi connectivity index (χ4v) is 2.16. The number of anilines is 2. The summed E-state index contributed by atoms with van der Waals surface area (Å²) in [5.74, 6) is -0.396. The van der Waals surface area contributed by atoms with Crippen molar-refractivity contribution >= 4 is 34.0 Å². The summed E-state index contributed by atoms with van der Waals surface area (Å²) in [5, 5.41) is 14.4. The van der Waals surface area contributed by atoms with E-state index in [1.165, 1.54) is 11.3 Å². The molecule has 1 aromatic heterocycles. The summed E-state index contributed by atoms with van der Waals surface area (Å²) in [7, 11) is 0. The average molecular weight is 318 g/mol. The molecule has 0 unspecified atom stereocenters. The molecule has 2 amide bonds. The van der Waals surface area contributed by atoms with Crippen LogP contribution in [0.1, 0.15) is 36.1 Å². The topological polar surface area (TPSA) is 84.0 Å². The SMILES string of the molecule is Cc1nnc(NC(=O)c2cccc(NC(=O)C(C)(C)C)c2)s1. The van der Waals surface area contributed by atoms with E-state index in [1.807, 2.05) is 27.7 Å². The average Bonchev–Trinajstić information content (AvgIpc) is 2.83. The van der Waals surface area contributed by atoms with Crippen molar-refractivity contribution in [3.05, 3.63) is 34.8 Å². The molecule has 0 saturated heterocycles. The van der Waals surface area contributed by atoms with E-state index >= 15 is 0 Å². The standard InChI is InChI=1S/C15H18N4O2S/c1-9-18-19-14(22-9)17-12(20)10-6-5-7-11(8-10)16-13(21)15(2,3)4/h5-8H,1-4H3,(H,16,21)(H,17,19,20). The van der Waals surface area contributed by atoms with Crippen LogP contribution in [0.4, 0.5) is 10.8 Å². The second-order valence-corrected chi connectivity index (χ2v) is 7.05. The number of nitrogens with one attached hydrogen (secondary N) is 2. The molecule has 7 heteroatoms. The predicted molar refractivity (Wildman–Crippen MR) is 87.1 cm³/mol. The predicted octanol–water partition coefficient (Wildman–Crippen LogP) is 3.08. The minimum absolute atomic E-state index is 0.107. The van der Waals surface area contributed by atoms with Crippen LogP contribution in [0.3, 0.4) is 0 Å². The number of carbonyl (C=O) groups excluding carboxylic acids is 2. The van der Waals surface area contributed by atoms with E-state index in [-0.39, 0.29) is 11.8 Å². The molecular formula is C15H18N4O2S. The zero-order valence-corrected chi connectivity index (χ0v) is 13.7. The molecule has 2 aromatic rings. The maximum Gasteiger partial charge on any atom is 0.257 e. The summed E-state index contributed by atoms with van der Waals surface area (Å²) in [4.78, 5) is 24.2. The van der Waals surface area contributed by atoms with Crippen LogP contribution in [-0.4, -0.2) is 22.0 Å². The highest BCUT2D eigenvalue weighted by Gasteiger charge is 2.21. The summed E-state index contributed by atoms with van der Waals surface area (Å²) in [6.07, 6.45) is 0. The Morgan fingerprint density at radius 3 is 2.45 bits per heavy atom. The number of hydrogen-bond acceptors (Lipinski definition) is 5. The molecule has 0 fully saturated rings. The zero-order valence-electron chi connectivity index (χ0n) is 12.9. The van der Waals surface area contributed by atoms with E-state index in [1.54, 1.807) is 24.3 Å². The van der Waals surface area contributed by atoms with Gasteiger partial charge in [0, 0.05) is 16.7 Å². The normalized spacial score (nSPS) is 11.1. The molecule has 22 heavy (non-hydrogen) atoms. The first kappa shape index (κ1) is 16.1. The number of hydrogen-bond donors (Lipinski definition) is 2. The molecule has 0 radical (unpaired) electrons. The van der Waals surface area contributed by atoms with Crippen LogP contribution in [0.5, 0.6) is 0 Å². The van der Waals surface area contributed by atoms with Gasteiger partial charge in [0.2, 0.25) is 11.0 Å². The van der Waals surface area contributed by atoms with Crippen molar-refractivity contribution in [1.82, 2.24) is 10.2 Å². The van der Waals surface area contributed by atoms with E-state index in [2.05, 4.69) is 20.8 Å². The van der Waals surface area contributed by atoms with Crippen LogP contribution in [0.2, 0.25) is 0 Å². The minimum atomic E-state index is -0.498. The van der Waals surface area contributed by atoms with Crippen molar-refractivity contribution in [1.29, 1.82) is 0 Å². The fourth-order valence-electron chi connectivity index (χ4n) is 1.57. The number of benzene rings is 1. The van der Waals surface area contributed by atoms with Gasteiger partial charge in [-0.25, -0.2) is 0 Å². The van der Waals surface area contributed by atoms with Gasteiger partial charge in [0.15, 0.2) is 0 Å². The largest absolute Gasteiger partial charge is 0.326 e. The Morgan fingerprint density at radius 2 is 1.86 bits per heavy atom. The van der Waals surface area contributed by atoms with E-state index < -0.39 is 5.41 Å². The molecule has 1 aromatic carbocycles. The van der Waals surface area contributed by atoms with Crippen molar-refractivity contribution in [2.75, 3.05) is 10.6 Å². The third-order valence-electron chi connectivity index (χ3n) is 2.81. The van der Waals surface area contributed by atoms with Crippen molar-refractivity contribution in [2.24, 2.45) is 5.41 Å². The molecule has 2 N–H and O–H groups in total. The van der Waals surface area contributed by atoms with Crippen molar-refractivity contribution < 1.29 is 9.59 Å². The van der Waals surface area contributed by atoms with Crippen LogP contribution in [0, 0.1) is 12.3 Å². The molecule has 0 aliphatic carbocycles. The number of aryl methyl sites for hydroxylation is 1. The Hall–Kier alpha value is -2.28. The van der Waals surface area contributed by atoms with E-state index in [0.29, 0.717) is 16.4 Å². The van der Waals surface area contributed by atoms with E-state index in [4.69, 9.17) is 0 Å². The molecule has 0 aliphatic rings. The quantitative estimate of drug-likeness (QED) is 0.911. The van der Waals surface area contributed by atoms with Crippen LogP contribution in [0.15, 0.2) is 24.3 Å². The monoisotopic (exact) mass is 318 g/mol. The molecule has 1 heterocycles. The summed E-state index contributed by atoms with van der Waals surface area (Å²) in [6.45, 7) is 7.31. The lowest BCUT2D eigenvalue weighted by Gasteiger charge is -2.17. The van der Waals surface area contributed by atoms with Crippen LogP contribution >= 0.6 is 11.3 Å². The van der Waals surface area contributed by atoms with Gasteiger partial charge in [0.05, 0.1) is 0 Å². The Labute approximate surface area is 133 Å². The van der Waals surface area contributed by atoms with E-state index in [0.717, 1.165) is 5.01 Å². The second kappa shape index (κ2) is 6.23. The first-order chi connectivity index (χ1) is 10.3. The molecule has 0 spiro atoms. The van der Waals surface area contributed by atoms with Gasteiger partial charge in [0.25, 0.3) is 5.91 Å². The molecule has 2 rings (SSSR count). The fraction of sp³-hybridized carbons (Fsp3) is 0.333. The van der Waals surface area contributed by atoms with Crippen LogP contribution in [0.25, 0.3) is 0 Å². The summed E-state index contributed by atoms with van der Waals surface area (Å²) >= 11 is 1.31. The smallest absolute Gasteiger partial charge is 0.257 e. The third-order valence-corrected chi connectivity index (χ3v) is 3.56. The number of rotatable bonds is 3. The minimum Gasteiger partial charge on any atom is -0.326 e. The van der Waals surface area contributed by atoms with Crippen LogP contribution in [-0.2, 0) is 4.79 Å². The molecule has 6 nitrogen and oxygen atoms in total. The molecule has 0 saturated carbocycles. The van der Waals surface area contributed by atoms with Crippen molar-refractivity contribution in [2.45, 2.75) is 27.7 Å². The zero-order chi connectivity index (χ0) is 16.3. The highest BCUT2D eigenvalue weighted by Crippen LogP contribution is 2.19. The maximum absolute atomic E-state index is 12.2. The molecular weight excluding hydrogens is 300 g/mol. The number of carbonyl (C=O) groups is 2. The summed E-state index contributed by atoms with van der Waals surface area (Å²) < 4.78 is 0. The Kier molecular flexibility index (Phi) is 4.56. The lowest BCUT2D eigenvalue weighted by Crippen LogP contribution is -2.27. The first-order valence-electron chi connectivity index (χ1n) is 6.79. The number of aromatic nitrogens is 2. The van der Waals surface area contributed by atoms with Crippen molar-refractivity contribution in [3.63, 3.8) is 0 Å². The Bertz CT molecular complexity index is 704. The number of nitrogens with zero attached hydrogens (tertiary/aromatic N) is 2. The molecule has 0 atom stereocenters. The first-order valence-corrected chi connectivity index (χ1v) is 7.60. The Balaban J connectivity index is 2.11. The molecule has 116 valence electrons. The summed E-state index contributed by atoms with van der Waals surface area (Å²) in [5.41, 5.74) is 0.531. The Morgan fingerprint density at radius 1 is 1.14 bits per heavy atom. The molecule has 0 aliphatic heterocycles.